The van der Waals surface area contributed by atoms with Crippen molar-refractivity contribution in [2.24, 2.45) is 0 Å². The lowest BCUT2D eigenvalue weighted by Gasteiger charge is -2.39. The normalized spacial score (nSPS) is 15.5. The first kappa shape index (κ1) is 25.1. The zero-order chi connectivity index (χ0) is 26.2. The molecule has 1 amide bonds. The molecule has 1 aliphatic heterocycles. The maximum absolute atomic E-state index is 13.5. The summed E-state index contributed by atoms with van der Waals surface area (Å²) in [7, 11) is -4.00. The lowest BCUT2D eigenvalue weighted by atomic mass is 9.84. The molecule has 37 heavy (non-hydrogen) atoms. The average Bonchev–Trinajstić information content (AvgIpc) is 2.88. The Morgan fingerprint density at radius 1 is 0.973 bits per heavy atom. The van der Waals surface area contributed by atoms with Gasteiger partial charge in [0.05, 0.1) is 16.0 Å². The number of nitrogens with zero attached hydrogens (tertiary/aromatic N) is 2. The minimum atomic E-state index is -4.00. The maximum atomic E-state index is 13.5. The summed E-state index contributed by atoms with van der Waals surface area (Å²) in [4.78, 5) is 18.4. The van der Waals surface area contributed by atoms with E-state index in [9.17, 15) is 22.7 Å². The van der Waals surface area contributed by atoms with Crippen LogP contribution in [-0.2, 0) is 15.6 Å². The number of pyridine rings is 1. The Labute approximate surface area is 218 Å². The van der Waals surface area contributed by atoms with Gasteiger partial charge in [0.1, 0.15) is 0 Å². The fraction of sp³-hybridized carbons (Fsp3) is 0.185. The standard InChI is InChI=1S/C27H23ClFN3O4S/c28-22-5-2-1-4-21(22)27(34)14-16-32(17-15-27)26(33)18-8-10-19(11-9-18)31-37(35,36)24-7-3-6-23-20(24)12-13-25(29)30-23/h1-13,31,34H,14-17H2. The molecule has 0 aliphatic carbocycles. The van der Waals surface area contributed by atoms with E-state index in [0.717, 1.165) is 6.07 Å². The number of likely N-dealkylation sites (tertiary alicyclic amines) is 1. The van der Waals surface area contributed by atoms with E-state index in [2.05, 4.69) is 9.71 Å². The summed E-state index contributed by atoms with van der Waals surface area (Å²) in [5.74, 6) is -0.907. The predicted molar refractivity (Wildman–Crippen MR) is 139 cm³/mol. The summed E-state index contributed by atoms with van der Waals surface area (Å²) in [5, 5.41) is 11.9. The van der Waals surface area contributed by atoms with Crippen LogP contribution in [0, 0.1) is 5.95 Å². The third-order valence-electron chi connectivity index (χ3n) is 6.58. The molecule has 4 aromatic rings. The summed E-state index contributed by atoms with van der Waals surface area (Å²) < 4.78 is 42.0. The monoisotopic (exact) mass is 539 g/mol. The summed E-state index contributed by atoms with van der Waals surface area (Å²) >= 11 is 6.27. The minimum Gasteiger partial charge on any atom is -0.385 e. The number of nitrogens with one attached hydrogen (secondary N) is 1. The minimum absolute atomic E-state index is 0.0306. The number of carbonyl (C=O) groups excluding carboxylic acids is 1. The van der Waals surface area contributed by atoms with E-state index in [4.69, 9.17) is 11.6 Å². The number of aromatic nitrogens is 1. The second-order valence-electron chi connectivity index (χ2n) is 8.94. The van der Waals surface area contributed by atoms with Crippen molar-refractivity contribution in [3.63, 3.8) is 0 Å². The number of anilines is 1. The van der Waals surface area contributed by atoms with Gasteiger partial charge in [0.2, 0.25) is 5.95 Å². The van der Waals surface area contributed by atoms with Gasteiger partial charge >= 0.3 is 0 Å². The molecular formula is C27H23ClFN3O4S. The highest BCUT2D eigenvalue weighted by Crippen LogP contribution is 2.37. The van der Waals surface area contributed by atoms with Crippen molar-refractivity contribution in [3.8, 4) is 0 Å². The first-order chi connectivity index (χ1) is 17.7. The zero-order valence-corrected chi connectivity index (χ0v) is 21.1. The molecule has 1 aromatic heterocycles. The number of halogens is 2. The van der Waals surface area contributed by atoms with Crippen LogP contribution in [0.1, 0.15) is 28.8 Å². The van der Waals surface area contributed by atoms with E-state index in [1.165, 1.54) is 36.4 Å². The fourth-order valence-corrected chi connectivity index (χ4v) is 6.19. The van der Waals surface area contributed by atoms with Gasteiger partial charge in [0, 0.05) is 40.3 Å². The van der Waals surface area contributed by atoms with Gasteiger partial charge in [-0.25, -0.2) is 13.4 Å². The number of hydrogen-bond donors (Lipinski definition) is 2. The Balaban J connectivity index is 1.28. The second kappa shape index (κ2) is 9.74. The third kappa shape index (κ3) is 5.02. The predicted octanol–water partition coefficient (Wildman–Crippen LogP) is 4.95. The molecule has 1 fully saturated rings. The van der Waals surface area contributed by atoms with Crippen molar-refractivity contribution in [1.29, 1.82) is 0 Å². The van der Waals surface area contributed by atoms with Gasteiger partial charge in [0.15, 0.2) is 0 Å². The number of amides is 1. The van der Waals surface area contributed by atoms with Crippen molar-refractivity contribution >= 4 is 44.1 Å². The second-order valence-corrected chi connectivity index (χ2v) is 11.0. The highest BCUT2D eigenvalue weighted by molar-refractivity contribution is 7.93. The fourth-order valence-electron chi connectivity index (χ4n) is 4.60. The number of fused-ring (bicyclic) bond motifs is 1. The van der Waals surface area contributed by atoms with Crippen LogP contribution in [0.5, 0.6) is 0 Å². The van der Waals surface area contributed by atoms with Gasteiger partial charge in [0.25, 0.3) is 15.9 Å². The van der Waals surface area contributed by atoms with Crippen LogP contribution in [0.25, 0.3) is 10.9 Å². The van der Waals surface area contributed by atoms with Crippen LogP contribution < -0.4 is 4.72 Å². The maximum Gasteiger partial charge on any atom is 0.262 e. The van der Waals surface area contributed by atoms with Gasteiger partial charge in [-0.15, -0.1) is 0 Å². The van der Waals surface area contributed by atoms with Crippen LogP contribution in [0.2, 0.25) is 5.02 Å². The molecule has 10 heteroatoms. The number of rotatable bonds is 5. The van der Waals surface area contributed by atoms with Crippen LogP contribution >= 0.6 is 11.6 Å². The van der Waals surface area contributed by atoms with E-state index < -0.39 is 21.6 Å². The van der Waals surface area contributed by atoms with Crippen molar-refractivity contribution in [2.75, 3.05) is 17.8 Å². The number of piperidine rings is 1. The molecule has 2 heterocycles. The number of carbonyl (C=O) groups is 1. The van der Waals surface area contributed by atoms with Crippen molar-refractivity contribution in [1.82, 2.24) is 9.88 Å². The van der Waals surface area contributed by atoms with Gasteiger partial charge in [-0.2, -0.15) is 4.39 Å². The molecule has 0 radical (unpaired) electrons. The largest absolute Gasteiger partial charge is 0.385 e. The molecule has 2 N–H and O–H groups in total. The van der Waals surface area contributed by atoms with E-state index in [-0.39, 0.29) is 22.0 Å². The quantitative estimate of drug-likeness (QED) is 0.349. The van der Waals surface area contributed by atoms with Crippen LogP contribution in [-0.4, -0.2) is 42.4 Å². The molecular weight excluding hydrogens is 517 g/mol. The summed E-state index contributed by atoms with van der Waals surface area (Å²) in [6.45, 7) is 0.704. The topological polar surface area (TPSA) is 99.6 Å². The Bertz CT molecular complexity index is 1590. The third-order valence-corrected chi connectivity index (χ3v) is 8.35. The van der Waals surface area contributed by atoms with E-state index in [0.29, 0.717) is 47.5 Å². The van der Waals surface area contributed by atoms with Gasteiger partial charge in [-0.3, -0.25) is 9.52 Å². The number of benzene rings is 3. The van der Waals surface area contributed by atoms with Gasteiger partial charge in [-0.05, 0) is 67.4 Å². The average molecular weight is 540 g/mol. The lowest BCUT2D eigenvalue weighted by Crippen LogP contribution is -2.45. The molecule has 5 rings (SSSR count). The molecule has 0 atom stereocenters. The van der Waals surface area contributed by atoms with Crippen molar-refractivity contribution in [2.45, 2.75) is 23.3 Å². The molecule has 0 spiro atoms. The molecule has 3 aromatic carbocycles. The van der Waals surface area contributed by atoms with Gasteiger partial charge in [-0.1, -0.05) is 35.9 Å². The summed E-state index contributed by atoms with van der Waals surface area (Å²) in [6, 6.07) is 20.2. The zero-order valence-electron chi connectivity index (χ0n) is 19.6. The number of sulfonamides is 1. The molecule has 0 saturated carbocycles. The Kier molecular flexibility index (Phi) is 6.61. The van der Waals surface area contributed by atoms with Crippen LogP contribution in [0.4, 0.5) is 10.1 Å². The highest BCUT2D eigenvalue weighted by atomic mass is 35.5. The molecule has 1 aliphatic rings. The number of hydrogen-bond acceptors (Lipinski definition) is 5. The Morgan fingerprint density at radius 2 is 1.68 bits per heavy atom. The SMILES string of the molecule is O=C(c1ccc(NS(=O)(=O)c2cccc3nc(F)ccc23)cc1)N1CCC(O)(c2ccccc2Cl)CC1. The summed E-state index contributed by atoms with van der Waals surface area (Å²) in [6.07, 6.45) is 0.703. The Hall–Kier alpha value is -3.53. The molecule has 7 nitrogen and oxygen atoms in total. The molecule has 1 saturated heterocycles. The van der Waals surface area contributed by atoms with E-state index in [1.54, 1.807) is 35.2 Å². The van der Waals surface area contributed by atoms with E-state index >= 15 is 0 Å². The Morgan fingerprint density at radius 3 is 2.38 bits per heavy atom. The highest BCUT2D eigenvalue weighted by Gasteiger charge is 2.37. The van der Waals surface area contributed by atoms with Crippen molar-refractivity contribution in [3.05, 3.63) is 101 Å². The summed E-state index contributed by atoms with van der Waals surface area (Å²) in [5.41, 5.74) is 0.464. The first-order valence-electron chi connectivity index (χ1n) is 11.6. The van der Waals surface area contributed by atoms with Crippen LogP contribution in [0.3, 0.4) is 0 Å². The molecule has 190 valence electrons. The van der Waals surface area contributed by atoms with Crippen molar-refractivity contribution < 1.29 is 22.7 Å². The molecule has 0 unspecified atom stereocenters. The van der Waals surface area contributed by atoms with Gasteiger partial charge < -0.3 is 10.0 Å². The smallest absolute Gasteiger partial charge is 0.262 e. The van der Waals surface area contributed by atoms with E-state index in [1.807, 2.05) is 6.07 Å². The number of aliphatic hydroxyl groups is 1. The van der Waals surface area contributed by atoms with Crippen LogP contribution in [0.15, 0.2) is 83.8 Å². The first-order valence-corrected chi connectivity index (χ1v) is 13.5. The lowest BCUT2D eigenvalue weighted by molar-refractivity contribution is -0.0210. The molecule has 0 bridgehead atoms.